The molecule has 10 nitrogen and oxygen atoms in total. The number of nitrogens with zero attached hydrogens (tertiary/aromatic N) is 4. The summed E-state index contributed by atoms with van der Waals surface area (Å²) >= 11 is 0. The highest BCUT2D eigenvalue weighted by atomic mass is 16.5. The van der Waals surface area contributed by atoms with Crippen molar-refractivity contribution < 1.29 is 24.2 Å². The van der Waals surface area contributed by atoms with E-state index < -0.39 is 17.6 Å². The predicted molar refractivity (Wildman–Crippen MR) is 125 cm³/mol. The molecule has 2 aromatic carbocycles. The van der Waals surface area contributed by atoms with Crippen molar-refractivity contribution in [1.29, 1.82) is 0 Å². The maximum atomic E-state index is 13.1. The second-order valence-corrected chi connectivity index (χ2v) is 8.44. The first-order chi connectivity index (χ1) is 16.9. The maximum Gasteiger partial charge on any atom is 0.291 e. The Morgan fingerprint density at radius 2 is 2.06 bits per heavy atom. The van der Waals surface area contributed by atoms with E-state index in [9.17, 15) is 14.7 Å². The molecular formula is C25H23N5O5. The minimum atomic E-state index is -1.14. The first kappa shape index (κ1) is 22.6. The number of rotatable bonds is 4. The summed E-state index contributed by atoms with van der Waals surface area (Å²) in [7, 11) is 1.60. The van der Waals surface area contributed by atoms with Gasteiger partial charge in [0.25, 0.3) is 11.8 Å². The van der Waals surface area contributed by atoms with Gasteiger partial charge in [0.2, 0.25) is 5.82 Å². The molecule has 2 amide bonds. The van der Waals surface area contributed by atoms with Crippen LogP contribution in [0.4, 0.5) is 5.69 Å². The number of likely N-dealkylation sites (N-methyl/N-ethyl adjacent to an activating group) is 1. The Morgan fingerprint density at radius 1 is 1.26 bits per heavy atom. The number of aromatic nitrogens is 3. The van der Waals surface area contributed by atoms with Gasteiger partial charge in [-0.15, -0.1) is 5.10 Å². The van der Waals surface area contributed by atoms with Gasteiger partial charge < -0.3 is 24.8 Å². The zero-order valence-corrected chi connectivity index (χ0v) is 19.0. The smallest absolute Gasteiger partial charge is 0.291 e. The van der Waals surface area contributed by atoms with Crippen LogP contribution in [0.15, 0.2) is 54.9 Å². The number of carbonyl (C=O) groups is 2. The number of nitrogens with one attached hydrogen (secondary N) is 1. The molecule has 3 heterocycles. The highest BCUT2D eigenvalue weighted by Crippen LogP contribution is 2.31. The fraction of sp³-hybridized carbons (Fsp3) is 0.280. The van der Waals surface area contributed by atoms with Crippen LogP contribution >= 0.6 is 0 Å². The molecule has 2 N–H and O–H groups in total. The molecule has 5 rings (SSSR count). The summed E-state index contributed by atoms with van der Waals surface area (Å²) in [5.74, 6) is 5.24. The topological polar surface area (TPSA) is 119 Å². The lowest BCUT2D eigenvalue weighted by molar-refractivity contribution is -0.140. The number of amides is 2. The molecule has 10 heteroatoms. The predicted octanol–water partition coefficient (Wildman–Crippen LogP) is 0.593. The molecule has 2 aliphatic heterocycles. The Bertz CT molecular complexity index is 1320. The molecule has 1 fully saturated rings. The minimum Gasteiger partial charge on any atom is -0.489 e. The third-order valence-corrected chi connectivity index (χ3v) is 5.71. The number of carbonyl (C=O) groups excluding carboxylic acids is 2. The van der Waals surface area contributed by atoms with E-state index in [4.69, 9.17) is 9.47 Å². The fourth-order valence-electron chi connectivity index (χ4n) is 3.70. The van der Waals surface area contributed by atoms with Gasteiger partial charge in [-0.1, -0.05) is 42.2 Å². The third kappa shape index (κ3) is 4.87. The molecular weight excluding hydrogens is 450 g/mol. The van der Waals surface area contributed by atoms with Crippen LogP contribution < -0.4 is 15.0 Å². The van der Waals surface area contributed by atoms with Crippen molar-refractivity contribution in [2.45, 2.75) is 18.2 Å². The number of hydrogen-bond donors (Lipinski definition) is 2. The van der Waals surface area contributed by atoms with E-state index in [0.717, 1.165) is 5.56 Å². The first-order valence-corrected chi connectivity index (χ1v) is 11.0. The third-order valence-electron chi connectivity index (χ3n) is 5.71. The van der Waals surface area contributed by atoms with Crippen LogP contribution in [0, 0.1) is 11.8 Å². The van der Waals surface area contributed by atoms with E-state index in [1.54, 1.807) is 29.9 Å². The Hall–Kier alpha value is -4.20. The summed E-state index contributed by atoms with van der Waals surface area (Å²) in [4.78, 5) is 31.3. The summed E-state index contributed by atoms with van der Waals surface area (Å²) in [6, 6.07) is 13.9. The summed E-state index contributed by atoms with van der Waals surface area (Å²) in [6.07, 6.45) is 1.48. The molecule has 0 saturated carbocycles. The summed E-state index contributed by atoms with van der Waals surface area (Å²) in [5.41, 5.74) is 1.02. The molecule has 1 aromatic heterocycles. The van der Waals surface area contributed by atoms with Crippen LogP contribution in [0.3, 0.4) is 0 Å². The molecule has 178 valence electrons. The van der Waals surface area contributed by atoms with Crippen molar-refractivity contribution in [2.75, 3.05) is 31.8 Å². The van der Waals surface area contributed by atoms with Crippen LogP contribution in [0.5, 0.6) is 5.75 Å². The van der Waals surface area contributed by atoms with E-state index in [2.05, 4.69) is 27.2 Å². The van der Waals surface area contributed by atoms with Gasteiger partial charge in [-0.25, -0.2) is 9.67 Å². The van der Waals surface area contributed by atoms with Crippen molar-refractivity contribution in [3.8, 4) is 17.6 Å². The van der Waals surface area contributed by atoms with Gasteiger partial charge >= 0.3 is 0 Å². The quantitative estimate of drug-likeness (QED) is 0.533. The summed E-state index contributed by atoms with van der Waals surface area (Å²) in [5, 5.41) is 17.0. The Labute approximate surface area is 201 Å². The highest BCUT2D eigenvalue weighted by molar-refractivity contribution is 6.02. The van der Waals surface area contributed by atoms with Gasteiger partial charge in [-0.05, 0) is 23.8 Å². The van der Waals surface area contributed by atoms with Crippen LogP contribution in [0.1, 0.15) is 21.7 Å². The van der Waals surface area contributed by atoms with Crippen molar-refractivity contribution in [3.05, 3.63) is 71.8 Å². The van der Waals surface area contributed by atoms with E-state index in [-0.39, 0.29) is 31.6 Å². The van der Waals surface area contributed by atoms with E-state index in [1.807, 2.05) is 30.3 Å². The van der Waals surface area contributed by atoms with Crippen LogP contribution in [0.2, 0.25) is 0 Å². The molecule has 0 spiro atoms. The Balaban J connectivity index is 1.27. The molecule has 3 aromatic rings. The van der Waals surface area contributed by atoms with Gasteiger partial charge in [0.15, 0.2) is 5.60 Å². The zero-order chi connectivity index (χ0) is 24.4. The lowest BCUT2D eigenvalue weighted by Crippen LogP contribution is -2.49. The van der Waals surface area contributed by atoms with Crippen LogP contribution in [-0.2, 0) is 16.1 Å². The number of benzene rings is 2. The van der Waals surface area contributed by atoms with Crippen molar-refractivity contribution in [3.63, 3.8) is 0 Å². The number of anilines is 1. The lowest BCUT2D eigenvalue weighted by Gasteiger charge is -2.30. The minimum absolute atomic E-state index is 0.0337. The van der Waals surface area contributed by atoms with Crippen molar-refractivity contribution in [1.82, 2.24) is 20.1 Å². The highest BCUT2D eigenvalue weighted by Gasteiger charge is 2.34. The SMILES string of the molecule is CN1C(=O)C(NC(=O)c2ncn(Cc3ccccc3)n2)COc2ccc(C#CC3(O)COC3)cc21. The van der Waals surface area contributed by atoms with Crippen LogP contribution in [0.25, 0.3) is 0 Å². The largest absolute Gasteiger partial charge is 0.489 e. The molecule has 0 bridgehead atoms. The van der Waals surface area contributed by atoms with Gasteiger partial charge in [0.1, 0.15) is 24.7 Å². The summed E-state index contributed by atoms with van der Waals surface area (Å²) in [6.45, 7) is 0.773. The van der Waals surface area contributed by atoms with E-state index in [0.29, 0.717) is 23.5 Å². The molecule has 0 aliphatic carbocycles. The maximum absolute atomic E-state index is 13.1. The molecule has 35 heavy (non-hydrogen) atoms. The molecule has 2 aliphatic rings. The van der Waals surface area contributed by atoms with Crippen LogP contribution in [-0.4, -0.2) is 70.2 Å². The average Bonchev–Trinajstić information content (AvgIpc) is 3.28. The van der Waals surface area contributed by atoms with Gasteiger partial charge in [0, 0.05) is 12.6 Å². The van der Waals surface area contributed by atoms with E-state index in [1.165, 1.54) is 11.2 Å². The van der Waals surface area contributed by atoms with Crippen molar-refractivity contribution in [2.24, 2.45) is 0 Å². The Kier molecular flexibility index (Phi) is 5.94. The normalized spacial score (nSPS) is 18.3. The standard InChI is InChI=1S/C25H23N5O5/c1-29-20-11-17(9-10-25(33)14-34-15-25)7-8-21(20)35-13-19(24(29)32)27-23(31)22-26-16-30(28-22)12-18-5-3-2-4-6-18/h2-8,11,16,19,33H,12-15H2,1H3,(H,27,31). The zero-order valence-electron chi connectivity index (χ0n) is 19.0. The molecule has 1 atom stereocenters. The van der Waals surface area contributed by atoms with Gasteiger partial charge in [0.05, 0.1) is 25.4 Å². The second-order valence-electron chi connectivity index (χ2n) is 8.44. The Morgan fingerprint density at radius 3 is 2.80 bits per heavy atom. The number of aliphatic hydroxyl groups is 1. The average molecular weight is 473 g/mol. The van der Waals surface area contributed by atoms with E-state index >= 15 is 0 Å². The monoisotopic (exact) mass is 473 g/mol. The van der Waals surface area contributed by atoms with Gasteiger partial charge in [-0.2, -0.15) is 0 Å². The first-order valence-electron chi connectivity index (χ1n) is 11.0. The number of ether oxygens (including phenoxy) is 2. The number of hydrogen-bond acceptors (Lipinski definition) is 7. The lowest BCUT2D eigenvalue weighted by atomic mass is 10.0. The van der Waals surface area contributed by atoms with Crippen molar-refractivity contribution >= 4 is 17.5 Å². The molecule has 1 saturated heterocycles. The number of fused-ring (bicyclic) bond motifs is 1. The van der Waals surface area contributed by atoms with Gasteiger partial charge in [-0.3, -0.25) is 9.59 Å². The second kappa shape index (κ2) is 9.21. The fourth-order valence-corrected chi connectivity index (χ4v) is 3.70. The summed E-state index contributed by atoms with van der Waals surface area (Å²) < 4.78 is 12.4. The molecule has 1 unspecified atom stereocenters. The molecule has 0 radical (unpaired) electrons.